The van der Waals surface area contributed by atoms with Crippen LogP contribution in [0.2, 0.25) is 17.1 Å². The lowest BCUT2D eigenvalue weighted by Gasteiger charge is -2.44. The second-order valence-corrected chi connectivity index (χ2v) is 14.1. The first-order valence-corrected chi connectivity index (χ1v) is 12.7. The van der Waals surface area contributed by atoms with E-state index in [0.29, 0.717) is 6.04 Å². The molecule has 0 atom stereocenters. The Morgan fingerprint density at radius 3 is 1.82 bits per heavy atom. The van der Waals surface area contributed by atoms with Crippen molar-refractivity contribution in [3.8, 4) is 5.75 Å². The summed E-state index contributed by atoms with van der Waals surface area (Å²) < 4.78 is 62.1. The Hall–Kier alpha value is -1.04. The van der Waals surface area contributed by atoms with Crippen molar-refractivity contribution in [1.29, 1.82) is 0 Å². The fraction of sp³-hybridized carbons (Fsp3) is 0.727. The van der Waals surface area contributed by atoms with Crippen LogP contribution < -0.4 is 4.43 Å². The summed E-state index contributed by atoms with van der Waals surface area (Å²) in [6, 6.07) is 0.891. The Morgan fingerprint density at radius 2 is 1.39 bits per heavy atom. The molecule has 28 heavy (non-hydrogen) atoms. The van der Waals surface area contributed by atoms with Crippen molar-refractivity contribution in [2.45, 2.75) is 97.7 Å². The lowest BCUT2D eigenvalue weighted by molar-refractivity contribution is 0.319. The predicted molar refractivity (Wildman–Crippen MR) is 110 cm³/mol. The molecule has 0 unspecified atom stereocenters. The van der Waals surface area contributed by atoms with Crippen LogP contribution in [0, 0.1) is 28.7 Å². The summed E-state index contributed by atoms with van der Waals surface area (Å²) in [5, 5.41) is 0. The summed E-state index contributed by atoms with van der Waals surface area (Å²) in [7, 11) is -2.82. The zero-order valence-corrected chi connectivity index (χ0v) is 19.4. The van der Waals surface area contributed by atoms with E-state index >= 15 is 0 Å². The Balaban J connectivity index is 3.27. The molecule has 1 nitrogen and oxygen atoms in total. The maximum atomic E-state index is 14.3. The maximum Gasteiger partial charge on any atom is 0.257 e. The third-order valence-corrected chi connectivity index (χ3v) is 11.8. The molecular formula is C22H36F4OSi. The average molecular weight is 421 g/mol. The van der Waals surface area contributed by atoms with Gasteiger partial charge in [-0.3, -0.25) is 0 Å². The first kappa shape index (κ1) is 25.0. The molecule has 1 aromatic rings. The van der Waals surface area contributed by atoms with E-state index in [1.807, 2.05) is 27.7 Å². The molecule has 0 saturated heterocycles. The topological polar surface area (TPSA) is 9.23 Å². The van der Waals surface area contributed by atoms with Gasteiger partial charge in [0, 0.05) is 6.07 Å². The molecule has 1 rings (SSSR count). The highest BCUT2D eigenvalue weighted by Crippen LogP contribution is 2.46. The highest BCUT2D eigenvalue weighted by atomic mass is 28.4. The Labute approximate surface area is 169 Å². The van der Waals surface area contributed by atoms with Gasteiger partial charge in [-0.15, -0.1) is 0 Å². The van der Waals surface area contributed by atoms with Crippen molar-refractivity contribution in [1.82, 2.24) is 0 Å². The normalized spacial score (nSPS) is 12.9. The minimum Gasteiger partial charge on any atom is -0.539 e. The first-order chi connectivity index (χ1) is 12.9. The zero-order valence-electron chi connectivity index (χ0n) is 18.4. The maximum absolute atomic E-state index is 14.3. The van der Waals surface area contributed by atoms with Gasteiger partial charge >= 0.3 is 0 Å². The summed E-state index contributed by atoms with van der Waals surface area (Å²) in [4.78, 5) is 0. The van der Waals surface area contributed by atoms with E-state index in [1.54, 1.807) is 0 Å². The van der Waals surface area contributed by atoms with Gasteiger partial charge in [0.2, 0.25) is 11.6 Å². The van der Waals surface area contributed by atoms with Gasteiger partial charge in [-0.05, 0) is 29.0 Å². The van der Waals surface area contributed by atoms with Crippen molar-refractivity contribution in [2.75, 3.05) is 0 Å². The number of hydrogen-bond donors (Lipinski definition) is 0. The van der Waals surface area contributed by atoms with Gasteiger partial charge in [-0.1, -0.05) is 74.1 Å². The fourth-order valence-electron chi connectivity index (χ4n) is 4.04. The lowest BCUT2D eigenvalue weighted by atomic mass is 9.89. The van der Waals surface area contributed by atoms with Crippen molar-refractivity contribution in [3.63, 3.8) is 0 Å². The van der Waals surface area contributed by atoms with E-state index < -0.39 is 37.3 Å². The monoisotopic (exact) mass is 420 g/mol. The van der Waals surface area contributed by atoms with E-state index in [1.165, 1.54) is 6.42 Å². The van der Waals surface area contributed by atoms with Crippen molar-refractivity contribution < 1.29 is 22.0 Å². The molecule has 0 spiro atoms. The standard InChI is InChI=1S/C22H36F4OSi/c1-8-9-10-11-12-22(6,7)14-28(15(2)3,16(4)5)27-21-19(25)17(23)13-18(24)20(21)26/h13,15-16H,8-12,14H2,1-7H3. The average Bonchev–Trinajstić information content (AvgIpc) is 2.59. The molecule has 0 amide bonds. The molecule has 6 heteroatoms. The van der Waals surface area contributed by atoms with Gasteiger partial charge in [0.15, 0.2) is 17.4 Å². The minimum atomic E-state index is -2.82. The van der Waals surface area contributed by atoms with Crippen LogP contribution in [0.5, 0.6) is 5.75 Å². The van der Waals surface area contributed by atoms with Crippen LogP contribution in [-0.2, 0) is 0 Å². The number of unbranched alkanes of at least 4 members (excludes halogenated alkanes) is 3. The Bertz CT molecular complexity index is 610. The fourth-order valence-corrected chi connectivity index (χ4v) is 8.97. The molecule has 0 aliphatic carbocycles. The SMILES string of the molecule is CCCCCCC(C)(C)C[Si](Oc1c(F)c(F)cc(F)c1F)(C(C)C)C(C)C. The third kappa shape index (κ3) is 5.98. The van der Waals surface area contributed by atoms with Gasteiger partial charge in [0.05, 0.1) is 0 Å². The van der Waals surface area contributed by atoms with Gasteiger partial charge in [-0.2, -0.15) is 8.78 Å². The van der Waals surface area contributed by atoms with Gasteiger partial charge in [0.25, 0.3) is 8.32 Å². The van der Waals surface area contributed by atoms with Crippen LogP contribution in [0.4, 0.5) is 17.6 Å². The van der Waals surface area contributed by atoms with E-state index in [4.69, 9.17) is 4.43 Å². The van der Waals surface area contributed by atoms with Crippen molar-refractivity contribution in [2.24, 2.45) is 5.41 Å². The molecule has 0 aliphatic rings. The van der Waals surface area contributed by atoms with E-state index in [-0.39, 0.29) is 22.6 Å². The van der Waals surface area contributed by atoms with Crippen LogP contribution in [-0.4, -0.2) is 8.32 Å². The van der Waals surface area contributed by atoms with Crippen LogP contribution in [0.1, 0.15) is 80.6 Å². The Morgan fingerprint density at radius 1 is 0.893 bits per heavy atom. The molecule has 0 heterocycles. The summed E-state index contributed by atoms with van der Waals surface area (Å²) >= 11 is 0. The summed E-state index contributed by atoms with van der Waals surface area (Å²) in [5.41, 5.74) is -0.0482. The second-order valence-electron chi connectivity index (χ2n) is 9.32. The molecular weight excluding hydrogens is 384 g/mol. The van der Waals surface area contributed by atoms with Crippen molar-refractivity contribution in [3.05, 3.63) is 29.3 Å². The molecule has 0 aromatic heterocycles. The second kappa shape index (κ2) is 10.1. The molecule has 0 radical (unpaired) electrons. The van der Waals surface area contributed by atoms with Crippen LogP contribution in [0.3, 0.4) is 0 Å². The molecule has 0 saturated carbocycles. The highest BCUT2D eigenvalue weighted by Gasteiger charge is 2.48. The molecule has 1 aromatic carbocycles. The van der Waals surface area contributed by atoms with Crippen LogP contribution >= 0.6 is 0 Å². The Kier molecular flexibility index (Phi) is 9.04. The summed E-state index contributed by atoms with van der Waals surface area (Å²) in [6.07, 6.45) is 5.55. The predicted octanol–water partition coefficient (Wildman–Crippen LogP) is 8.38. The summed E-state index contributed by atoms with van der Waals surface area (Å²) in [5.74, 6) is -6.64. The van der Waals surface area contributed by atoms with Crippen LogP contribution in [0.25, 0.3) is 0 Å². The van der Waals surface area contributed by atoms with E-state index in [2.05, 4.69) is 20.8 Å². The lowest BCUT2D eigenvalue weighted by Crippen LogP contribution is -2.51. The van der Waals surface area contributed by atoms with E-state index in [9.17, 15) is 17.6 Å². The quantitative estimate of drug-likeness (QED) is 0.151. The molecule has 0 fully saturated rings. The van der Waals surface area contributed by atoms with Crippen molar-refractivity contribution >= 4 is 8.32 Å². The van der Waals surface area contributed by atoms with Gasteiger partial charge in [-0.25, -0.2) is 8.78 Å². The largest absolute Gasteiger partial charge is 0.539 e. The third-order valence-electron chi connectivity index (χ3n) is 5.78. The van der Waals surface area contributed by atoms with Crippen LogP contribution in [0.15, 0.2) is 6.07 Å². The van der Waals surface area contributed by atoms with E-state index in [0.717, 1.165) is 25.7 Å². The highest BCUT2D eigenvalue weighted by molar-refractivity contribution is 6.77. The first-order valence-electron chi connectivity index (χ1n) is 10.4. The number of hydrogen-bond acceptors (Lipinski definition) is 1. The van der Waals surface area contributed by atoms with Gasteiger partial charge < -0.3 is 4.43 Å². The smallest absolute Gasteiger partial charge is 0.257 e. The van der Waals surface area contributed by atoms with Gasteiger partial charge in [0.1, 0.15) is 0 Å². The number of halogens is 4. The molecule has 0 N–H and O–H groups in total. The summed E-state index contributed by atoms with van der Waals surface area (Å²) in [6.45, 7) is 14.4. The molecule has 0 aliphatic heterocycles. The zero-order chi connectivity index (χ0) is 21.7. The molecule has 0 bridgehead atoms. The number of benzene rings is 1. The minimum absolute atomic E-state index is 0.0209. The number of rotatable bonds is 11. The molecule has 162 valence electrons.